The highest BCUT2D eigenvalue weighted by atomic mass is 32.2. The molecule has 2 amide bonds. The number of anilines is 1. The third-order valence-electron chi connectivity index (χ3n) is 4.77. The largest absolute Gasteiger partial charge is 0.444 e. The maximum atomic E-state index is 12.6. The molecule has 1 aromatic rings. The molecule has 0 unspecified atom stereocenters. The molecule has 168 valence electrons. The lowest BCUT2D eigenvalue weighted by atomic mass is 9.99. The first-order valence-electron chi connectivity index (χ1n) is 10.0. The van der Waals surface area contributed by atoms with Crippen molar-refractivity contribution in [3.8, 4) is 0 Å². The highest BCUT2D eigenvalue weighted by Crippen LogP contribution is 2.31. The Morgan fingerprint density at radius 1 is 1.23 bits per heavy atom. The zero-order valence-electron chi connectivity index (χ0n) is 18.2. The highest BCUT2D eigenvalue weighted by molar-refractivity contribution is 8.01. The van der Waals surface area contributed by atoms with Crippen LogP contribution in [0.5, 0.6) is 0 Å². The quantitative estimate of drug-likeness (QED) is 0.661. The van der Waals surface area contributed by atoms with Gasteiger partial charge in [0.25, 0.3) is 6.43 Å². The lowest BCUT2D eigenvalue weighted by molar-refractivity contribution is -0.117. The van der Waals surface area contributed by atoms with Crippen LogP contribution < -0.4 is 5.32 Å². The minimum atomic E-state index is -2.59. The summed E-state index contributed by atoms with van der Waals surface area (Å²) in [6.45, 7) is 10.5. The Morgan fingerprint density at radius 3 is 2.37 bits per heavy atom. The second-order valence-electron chi connectivity index (χ2n) is 8.96. The summed E-state index contributed by atoms with van der Waals surface area (Å²) in [6, 6.07) is 2.64. The standard InChI is InChI=1S/C21H31F2N3O3S/c1-20(2,3)29-19(28)26-10-8-14(9-11-26)13-30-21(4,5)18(27)25-16-7-6-15(12-24-16)17(22)23/h6-7,12,14,17H,8-11,13H2,1-5H3,(H,24,25,27). The molecule has 1 aliphatic heterocycles. The van der Waals surface area contributed by atoms with Gasteiger partial charge in [0.1, 0.15) is 11.4 Å². The van der Waals surface area contributed by atoms with Gasteiger partial charge < -0.3 is 15.0 Å². The van der Waals surface area contributed by atoms with Gasteiger partial charge >= 0.3 is 6.09 Å². The van der Waals surface area contributed by atoms with Crippen molar-refractivity contribution in [1.29, 1.82) is 0 Å². The van der Waals surface area contributed by atoms with Crippen LogP contribution in [0.25, 0.3) is 0 Å². The van der Waals surface area contributed by atoms with E-state index in [-0.39, 0.29) is 23.4 Å². The van der Waals surface area contributed by atoms with Gasteiger partial charge in [0.15, 0.2) is 0 Å². The van der Waals surface area contributed by atoms with Gasteiger partial charge in [-0.2, -0.15) is 0 Å². The molecule has 0 bridgehead atoms. The number of rotatable bonds is 6. The Morgan fingerprint density at radius 2 is 1.87 bits per heavy atom. The molecular formula is C21H31F2N3O3S. The minimum Gasteiger partial charge on any atom is -0.444 e. The highest BCUT2D eigenvalue weighted by Gasteiger charge is 2.32. The summed E-state index contributed by atoms with van der Waals surface area (Å²) < 4.78 is 29.9. The average Bonchev–Trinajstić information content (AvgIpc) is 2.66. The molecule has 1 N–H and O–H groups in total. The van der Waals surface area contributed by atoms with Crippen molar-refractivity contribution >= 4 is 29.6 Å². The number of alkyl halides is 2. The number of aromatic nitrogens is 1. The monoisotopic (exact) mass is 443 g/mol. The van der Waals surface area contributed by atoms with Crippen LogP contribution >= 0.6 is 11.8 Å². The summed E-state index contributed by atoms with van der Waals surface area (Å²) >= 11 is 1.55. The van der Waals surface area contributed by atoms with Crippen LogP contribution in [0.2, 0.25) is 0 Å². The van der Waals surface area contributed by atoms with Crippen molar-refractivity contribution in [2.45, 2.75) is 64.2 Å². The van der Waals surface area contributed by atoms with E-state index in [2.05, 4.69) is 10.3 Å². The summed E-state index contributed by atoms with van der Waals surface area (Å²) in [5, 5.41) is 2.69. The Kier molecular flexibility index (Phi) is 8.07. The van der Waals surface area contributed by atoms with Gasteiger partial charge in [-0.05, 0) is 71.3 Å². The molecule has 1 saturated heterocycles. The fourth-order valence-electron chi connectivity index (χ4n) is 2.88. The van der Waals surface area contributed by atoms with E-state index < -0.39 is 16.8 Å². The minimum absolute atomic E-state index is 0.181. The first-order chi connectivity index (χ1) is 13.9. The van der Waals surface area contributed by atoms with Crippen molar-refractivity contribution in [3.05, 3.63) is 23.9 Å². The summed E-state index contributed by atoms with van der Waals surface area (Å²) in [6.07, 6.45) is -0.0743. The zero-order valence-corrected chi connectivity index (χ0v) is 19.0. The third kappa shape index (κ3) is 7.41. The number of hydrogen-bond acceptors (Lipinski definition) is 5. The molecule has 2 heterocycles. The molecule has 1 fully saturated rings. The van der Waals surface area contributed by atoms with Crippen molar-refractivity contribution in [3.63, 3.8) is 0 Å². The maximum Gasteiger partial charge on any atom is 0.410 e. The average molecular weight is 444 g/mol. The van der Waals surface area contributed by atoms with E-state index >= 15 is 0 Å². The lowest BCUT2D eigenvalue weighted by Gasteiger charge is -2.34. The Bertz CT molecular complexity index is 728. The van der Waals surface area contributed by atoms with Crippen molar-refractivity contribution in [2.75, 3.05) is 24.2 Å². The Balaban J connectivity index is 1.79. The smallest absolute Gasteiger partial charge is 0.410 e. The molecule has 9 heteroatoms. The third-order valence-corrected chi connectivity index (χ3v) is 6.32. The van der Waals surface area contributed by atoms with Gasteiger partial charge in [0.05, 0.1) is 4.75 Å². The number of ether oxygens (including phenoxy) is 1. The van der Waals surface area contributed by atoms with Crippen LogP contribution in [-0.2, 0) is 9.53 Å². The van der Waals surface area contributed by atoms with Crippen LogP contribution in [0, 0.1) is 5.92 Å². The second kappa shape index (κ2) is 9.94. The number of nitrogens with one attached hydrogen (secondary N) is 1. The topological polar surface area (TPSA) is 71.5 Å². The van der Waals surface area contributed by atoms with E-state index in [1.54, 1.807) is 16.7 Å². The van der Waals surface area contributed by atoms with Crippen LogP contribution in [0.1, 0.15) is 59.4 Å². The number of thioether (sulfide) groups is 1. The number of nitrogens with zero attached hydrogens (tertiary/aromatic N) is 2. The van der Waals surface area contributed by atoms with Gasteiger partial charge in [-0.3, -0.25) is 4.79 Å². The predicted molar refractivity (Wildman–Crippen MR) is 115 cm³/mol. The van der Waals surface area contributed by atoms with E-state index in [0.717, 1.165) is 24.8 Å². The van der Waals surface area contributed by atoms with E-state index in [4.69, 9.17) is 4.74 Å². The van der Waals surface area contributed by atoms with Crippen molar-refractivity contribution in [2.24, 2.45) is 5.92 Å². The molecule has 30 heavy (non-hydrogen) atoms. The van der Waals surface area contributed by atoms with Crippen LogP contribution in [-0.4, -0.2) is 51.1 Å². The number of carbonyl (C=O) groups excluding carboxylic acids is 2. The normalized spacial score (nSPS) is 15.9. The van der Waals surface area contributed by atoms with Gasteiger partial charge in [-0.15, -0.1) is 11.8 Å². The lowest BCUT2D eigenvalue weighted by Crippen LogP contribution is -2.42. The SMILES string of the molecule is CC(C)(C)OC(=O)N1CCC(CSC(C)(C)C(=O)Nc2ccc(C(F)F)cn2)CC1. The number of amides is 2. The number of piperidine rings is 1. The molecular weight excluding hydrogens is 412 g/mol. The molecule has 1 aromatic heterocycles. The molecule has 0 aromatic carbocycles. The first-order valence-corrected chi connectivity index (χ1v) is 11.0. The fraction of sp³-hybridized carbons (Fsp3) is 0.667. The van der Waals surface area contributed by atoms with E-state index in [9.17, 15) is 18.4 Å². The van der Waals surface area contributed by atoms with Gasteiger partial charge in [0.2, 0.25) is 5.91 Å². The predicted octanol–water partition coefficient (Wildman–Crippen LogP) is 5.12. The van der Waals surface area contributed by atoms with Gasteiger partial charge in [-0.25, -0.2) is 18.6 Å². The summed E-state index contributed by atoms with van der Waals surface area (Å²) in [7, 11) is 0. The number of hydrogen-bond donors (Lipinski definition) is 1. The Labute approximate surface area is 181 Å². The second-order valence-corrected chi connectivity index (χ2v) is 10.6. The molecule has 0 aliphatic carbocycles. The molecule has 0 radical (unpaired) electrons. The van der Waals surface area contributed by atoms with Crippen molar-refractivity contribution < 1.29 is 23.1 Å². The number of halogens is 2. The molecule has 2 rings (SSSR count). The summed E-state index contributed by atoms with van der Waals surface area (Å²) in [5.74, 6) is 1.23. The number of carbonyl (C=O) groups is 2. The summed E-state index contributed by atoms with van der Waals surface area (Å²) in [5.41, 5.74) is -0.685. The van der Waals surface area contributed by atoms with Gasteiger partial charge in [0, 0.05) is 24.8 Å². The van der Waals surface area contributed by atoms with Crippen LogP contribution in [0.4, 0.5) is 19.4 Å². The van der Waals surface area contributed by atoms with Crippen molar-refractivity contribution in [1.82, 2.24) is 9.88 Å². The van der Waals surface area contributed by atoms with Crippen LogP contribution in [0.3, 0.4) is 0 Å². The number of likely N-dealkylation sites (tertiary alicyclic amines) is 1. The Hall–Kier alpha value is -1.90. The first kappa shape index (κ1) is 24.4. The molecule has 6 nitrogen and oxygen atoms in total. The molecule has 1 aliphatic rings. The molecule has 0 atom stereocenters. The number of pyridine rings is 1. The zero-order chi connectivity index (χ0) is 22.5. The molecule has 0 spiro atoms. The summed E-state index contributed by atoms with van der Waals surface area (Å²) in [4.78, 5) is 30.4. The fourth-order valence-corrected chi connectivity index (χ4v) is 4.04. The van der Waals surface area contributed by atoms with E-state index in [1.807, 2.05) is 34.6 Å². The van der Waals surface area contributed by atoms with E-state index in [0.29, 0.717) is 19.0 Å². The maximum absolute atomic E-state index is 12.6. The molecule has 0 saturated carbocycles. The van der Waals surface area contributed by atoms with Gasteiger partial charge in [-0.1, -0.05) is 0 Å². The van der Waals surface area contributed by atoms with Crippen LogP contribution in [0.15, 0.2) is 18.3 Å². The van der Waals surface area contributed by atoms with E-state index in [1.165, 1.54) is 12.1 Å².